The number of carbonyl (C=O) groups is 1. The highest BCUT2D eigenvalue weighted by molar-refractivity contribution is 6.30. The summed E-state index contributed by atoms with van der Waals surface area (Å²) >= 11 is 5.79. The van der Waals surface area contributed by atoms with E-state index in [4.69, 9.17) is 16.6 Å². The van der Waals surface area contributed by atoms with Gasteiger partial charge in [0, 0.05) is 49.2 Å². The van der Waals surface area contributed by atoms with Crippen molar-refractivity contribution < 1.29 is 9.18 Å². The third kappa shape index (κ3) is 4.26. The van der Waals surface area contributed by atoms with E-state index in [-0.39, 0.29) is 16.5 Å². The van der Waals surface area contributed by atoms with Crippen LogP contribution in [-0.2, 0) is 6.42 Å². The second-order valence-corrected chi connectivity index (χ2v) is 7.45. The fourth-order valence-corrected chi connectivity index (χ4v) is 3.57. The first-order chi connectivity index (χ1) is 14.5. The van der Waals surface area contributed by atoms with Crippen LogP contribution >= 0.6 is 11.6 Å². The number of nitrogens with zero attached hydrogens (tertiary/aromatic N) is 5. The molecule has 1 aromatic carbocycles. The molecule has 0 spiro atoms. The first kappa shape index (κ1) is 20.2. The quantitative estimate of drug-likeness (QED) is 0.635. The summed E-state index contributed by atoms with van der Waals surface area (Å²) in [6.07, 6.45) is 2.50. The number of halogens is 2. The van der Waals surface area contributed by atoms with Crippen LogP contribution in [0.4, 0.5) is 10.2 Å². The summed E-state index contributed by atoms with van der Waals surface area (Å²) in [5.41, 5.74) is 1.70. The smallest absolute Gasteiger partial charge is 0.256 e. The Kier molecular flexibility index (Phi) is 5.90. The van der Waals surface area contributed by atoms with Crippen molar-refractivity contribution in [2.75, 3.05) is 31.1 Å². The normalized spacial score (nSPS) is 14.1. The summed E-state index contributed by atoms with van der Waals surface area (Å²) in [7, 11) is 0. The maximum absolute atomic E-state index is 14.1. The van der Waals surface area contributed by atoms with E-state index in [2.05, 4.69) is 14.9 Å². The van der Waals surface area contributed by atoms with Crippen LogP contribution in [0.2, 0.25) is 5.02 Å². The van der Waals surface area contributed by atoms with Gasteiger partial charge in [-0.25, -0.2) is 14.4 Å². The summed E-state index contributed by atoms with van der Waals surface area (Å²) in [4.78, 5) is 30.1. The molecule has 1 aliphatic rings. The molecule has 0 atom stereocenters. The number of amides is 1. The van der Waals surface area contributed by atoms with Gasteiger partial charge in [0.2, 0.25) is 0 Å². The second kappa shape index (κ2) is 8.75. The fourth-order valence-electron chi connectivity index (χ4n) is 3.41. The number of piperazine rings is 1. The third-order valence-corrected chi connectivity index (χ3v) is 5.31. The van der Waals surface area contributed by atoms with Crippen LogP contribution in [-0.4, -0.2) is 51.9 Å². The molecule has 3 heterocycles. The van der Waals surface area contributed by atoms with E-state index in [0.717, 1.165) is 29.7 Å². The Balaban J connectivity index is 1.50. The van der Waals surface area contributed by atoms with Crippen LogP contribution in [0.15, 0.2) is 48.7 Å². The van der Waals surface area contributed by atoms with Gasteiger partial charge in [-0.3, -0.25) is 9.78 Å². The van der Waals surface area contributed by atoms with Crippen LogP contribution in [0.3, 0.4) is 0 Å². The highest BCUT2D eigenvalue weighted by Crippen LogP contribution is 2.22. The summed E-state index contributed by atoms with van der Waals surface area (Å²) < 4.78 is 14.1. The van der Waals surface area contributed by atoms with Gasteiger partial charge in [0.05, 0.1) is 5.56 Å². The van der Waals surface area contributed by atoms with E-state index in [0.29, 0.717) is 32.0 Å². The van der Waals surface area contributed by atoms with Gasteiger partial charge in [-0.1, -0.05) is 24.6 Å². The van der Waals surface area contributed by atoms with E-state index >= 15 is 0 Å². The first-order valence-electron chi connectivity index (χ1n) is 9.84. The lowest BCUT2D eigenvalue weighted by Gasteiger charge is -2.35. The molecule has 3 aromatic rings. The van der Waals surface area contributed by atoms with Gasteiger partial charge in [-0.05, 0) is 36.8 Å². The Bertz CT molecular complexity index is 1050. The monoisotopic (exact) mass is 425 g/mol. The highest BCUT2D eigenvalue weighted by Gasteiger charge is 2.25. The van der Waals surface area contributed by atoms with E-state index in [1.807, 2.05) is 31.2 Å². The SMILES string of the molecule is CCc1cc(N2CCN(C(=O)c3ccc(Cl)cc3F)CC2)nc(-c2ccccn2)n1. The van der Waals surface area contributed by atoms with Gasteiger partial charge < -0.3 is 9.80 Å². The summed E-state index contributed by atoms with van der Waals surface area (Å²) in [5, 5.41) is 0.271. The Labute approximate surface area is 179 Å². The molecule has 0 N–H and O–H groups in total. The lowest BCUT2D eigenvalue weighted by Crippen LogP contribution is -2.49. The van der Waals surface area contributed by atoms with Crippen molar-refractivity contribution in [1.29, 1.82) is 0 Å². The number of carbonyl (C=O) groups excluding carboxylic acids is 1. The lowest BCUT2D eigenvalue weighted by atomic mass is 10.1. The van der Waals surface area contributed by atoms with Crippen LogP contribution in [0.25, 0.3) is 11.5 Å². The number of aryl methyl sites for hydroxylation is 1. The first-order valence-corrected chi connectivity index (χ1v) is 10.2. The Hall–Kier alpha value is -3.06. The summed E-state index contributed by atoms with van der Waals surface area (Å²) in [5.74, 6) is 0.479. The predicted octanol–water partition coefficient (Wildman–Crippen LogP) is 3.86. The number of rotatable bonds is 4. The minimum absolute atomic E-state index is 0.0422. The molecule has 0 bridgehead atoms. The average molecular weight is 426 g/mol. The van der Waals surface area contributed by atoms with E-state index < -0.39 is 5.82 Å². The van der Waals surface area contributed by atoms with Crippen molar-refractivity contribution >= 4 is 23.3 Å². The number of aromatic nitrogens is 3. The molecular weight excluding hydrogens is 405 g/mol. The molecule has 30 heavy (non-hydrogen) atoms. The van der Waals surface area contributed by atoms with Crippen molar-refractivity contribution in [3.8, 4) is 11.5 Å². The van der Waals surface area contributed by atoms with Crippen LogP contribution in [0.5, 0.6) is 0 Å². The molecular formula is C22H21ClFN5O. The largest absolute Gasteiger partial charge is 0.353 e. The van der Waals surface area contributed by atoms with Crippen molar-refractivity contribution in [2.24, 2.45) is 0 Å². The predicted molar refractivity (Wildman–Crippen MR) is 114 cm³/mol. The Morgan fingerprint density at radius 2 is 1.90 bits per heavy atom. The molecule has 0 aliphatic carbocycles. The number of hydrogen-bond donors (Lipinski definition) is 0. The van der Waals surface area contributed by atoms with Crippen molar-refractivity contribution in [3.63, 3.8) is 0 Å². The van der Waals surface area contributed by atoms with Crippen molar-refractivity contribution in [2.45, 2.75) is 13.3 Å². The van der Waals surface area contributed by atoms with Crippen LogP contribution in [0, 0.1) is 5.82 Å². The van der Waals surface area contributed by atoms with Gasteiger partial charge in [-0.2, -0.15) is 0 Å². The van der Waals surface area contributed by atoms with Crippen molar-refractivity contribution in [1.82, 2.24) is 19.9 Å². The molecule has 0 radical (unpaired) electrons. The second-order valence-electron chi connectivity index (χ2n) is 7.01. The molecule has 1 amide bonds. The Morgan fingerprint density at radius 1 is 1.10 bits per heavy atom. The van der Waals surface area contributed by atoms with Gasteiger partial charge in [0.1, 0.15) is 17.3 Å². The molecule has 1 fully saturated rings. The van der Waals surface area contributed by atoms with E-state index in [9.17, 15) is 9.18 Å². The molecule has 2 aromatic heterocycles. The van der Waals surface area contributed by atoms with Crippen LogP contribution < -0.4 is 4.90 Å². The maximum Gasteiger partial charge on any atom is 0.256 e. The molecule has 1 saturated heterocycles. The molecule has 6 nitrogen and oxygen atoms in total. The maximum atomic E-state index is 14.1. The average Bonchev–Trinajstić information content (AvgIpc) is 2.79. The Morgan fingerprint density at radius 3 is 2.57 bits per heavy atom. The molecule has 1 aliphatic heterocycles. The number of anilines is 1. The zero-order valence-corrected chi connectivity index (χ0v) is 17.3. The molecule has 8 heteroatoms. The summed E-state index contributed by atoms with van der Waals surface area (Å²) in [6.45, 7) is 4.20. The van der Waals surface area contributed by atoms with E-state index in [1.165, 1.54) is 12.1 Å². The van der Waals surface area contributed by atoms with Gasteiger partial charge in [0.25, 0.3) is 5.91 Å². The molecule has 154 valence electrons. The standard InChI is InChI=1S/C22H21ClFN5O/c1-2-16-14-20(27-21(26-16)19-5-3-4-8-25-19)28-9-11-29(12-10-28)22(30)17-7-6-15(23)13-18(17)24/h3-8,13-14H,2,9-12H2,1H3. The number of benzene rings is 1. The zero-order valence-electron chi connectivity index (χ0n) is 16.6. The third-order valence-electron chi connectivity index (χ3n) is 5.07. The highest BCUT2D eigenvalue weighted by atomic mass is 35.5. The van der Waals surface area contributed by atoms with Gasteiger partial charge in [0.15, 0.2) is 5.82 Å². The number of pyridine rings is 1. The van der Waals surface area contributed by atoms with Crippen molar-refractivity contribution in [3.05, 3.63) is 70.8 Å². The molecule has 0 saturated carbocycles. The van der Waals surface area contributed by atoms with E-state index in [1.54, 1.807) is 11.1 Å². The molecule has 4 rings (SSSR count). The lowest BCUT2D eigenvalue weighted by molar-refractivity contribution is 0.0742. The van der Waals surface area contributed by atoms with Gasteiger partial charge in [-0.15, -0.1) is 0 Å². The minimum atomic E-state index is -0.599. The summed E-state index contributed by atoms with van der Waals surface area (Å²) in [6, 6.07) is 11.7. The fraction of sp³-hybridized carbons (Fsp3) is 0.273. The molecule has 0 unspecified atom stereocenters. The number of hydrogen-bond acceptors (Lipinski definition) is 5. The van der Waals surface area contributed by atoms with Gasteiger partial charge >= 0.3 is 0 Å². The van der Waals surface area contributed by atoms with Crippen LogP contribution in [0.1, 0.15) is 23.0 Å². The zero-order chi connectivity index (χ0) is 21.1. The minimum Gasteiger partial charge on any atom is -0.353 e. The topological polar surface area (TPSA) is 62.2 Å².